The smallest absolute Gasteiger partial charge is 0.234 e. The van der Waals surface area contributed by atoms with Crippen molar-refractivity contribution in [3.05, 3.63) is 41.5 Å². The van der Waals surface area contributed by atoms with E-state index in [1.165, 1.54) is 35.1 Å². The van der Waals surface area contributed by atoms with Gasteiger partial charge in [-0.05, 0) is 37.3 Å². The molecule has 1 aromatic carbocycles. The van der Waals surface area contributed by atoms with E-state index in [-0.39, 0.29) is 17.4 Å². The molecule has 112 valence electrons. The van der Waals surface area contributed by atoms with E-state index in [2.05, 4.69) is 15.3 Å². The number of thioether (sulfide) groups is 1. The summed E-state index contributed by atoms with van der Waals surface area (Å²) in [4.78, 5) is 22.6. The molecule has 0 radical (unpaired) electrons. The van der Waals surface area contributed by atoms with Crippen LogP contribution in [-0.4, -0.2) is 26.7 Å². The fourth-order valence-corrected chi connectivity index (χ4v) is 3.63. The highest BCUT2D eigenvalue weighted by atomic mass is 32.2. The first-order valence-corrected chi connectivity index (χ1v) is 8.35. The number of carbonyl (C=O) groups excluding carboxylic acids is 1. The fourth-order valence-electron chi connectivity index (χ4n) is 1.95. The molecule has 0 unspecified atom stereocenters. The van der Waals surface area contributed by atoms with Crippen molar-refractivity contribution in [3.8, 4) is 5.75 Å². The quantitative estimate of drug-likeness (QED) is 0.435. The summed E-state index contributed by atoms with van der Waals surface area (Å²) in [6.07, 6.45) is 1.53. The first kappa shape index (κ1) is 14.8. The largest absolute Gasteiger partial charge is 0.508 e. The Morgan fingerprint density at radius 2 is 2.09 bits per heavy atom. The van der Waals surface area contributed by atoms with E-state index in [9.17, 15) is 9.90 Å². The van der Waals surface area contributed by atoms with Crippen LogP contribution in [0.25, 0.3) is 10.2 Å². The summed E-state index contributed by atoms with van der Waals surface area (Å²) in [6.45, 7) is 2.03. The highest BCUT2D eigenvalue weighted by molar-refractivity contribution is 8.00. The number of nitrogens with one attached hydrogen (secondary N) is 1. The number of aromatic nitrogens is 2. The molecule has 1 amide bonds. The van der Waals surface area contributed by atoms with Gasteiger partial charge in [0, 0.05) is 16.0 Å². The molecule has 0 spiro atoms. The Morgan fingerprint density at radius 1 is 1.32 bits per heavy atom. The number of phenols is 1. The minimum Gasteiger partial charge on any atom is -0.508 e. The summed E-state index contributed by atoms with van der Waals surface area (Å²) in [5.74, 6) is 0.319. The predicted octanol–water partition coefficient (Wildman–Crippen LogP) is 3.44. The monoisotopic (exact) mass is 331 g/mol. The van der Waals surface area contributed by atoms with Crippen molar-refractivity contribution in [2.24, 2.45) is 0 Å². The van der Waals surface area contributed by atoms with E-state index < -0.39 is 0 Å². The molecule has 0 fully saturated rings. The van der Waals surface area contributed by atoms with E-state index in [1.54, 1.807) is 23.5 Å². The Morgan fingerprint density at radius 3 is 2.86 bits per heavy atom. The molecular formula is C15H13N3O2S2. The van der Waals surface area contributed by atoms with Gasteiger partial charge in [-0.3, -0.25) is 4.79 Å². The third kappa shape index (κ3) is 3.37. The average molecular weight is 331 g/mol. The SMILES string of the molecule is Cc1cc2c(SCC(=O)Nc3ccc(O)cc3)ncnc2s1. The summed E-state index contributed by atoms with van der Waals surface area (Å²) in [7, 11) is 0. The lowest BCUT2D eigenvalue weighted by molar-refractivity contribution is -0.113. The van der Waals surface area contributed by atoms with E-state index >= 15 is 0 Å². The zero-order chi connectivity index (χ0) is 15.5. The molecule has 5 nitrogen and oxygen atoms in total. The second-order valence-corrected chi connectivity index (χ2v) is 6.84. The van der Waals surface area contributed by atoms with Crippen LogP contribution >= 0.6 is 23.1 Å². The van der Waals surface area contributed by atoms with Crippen LogP contribution in [0.4, 0.5) is 5.69 Å². The Bertz CT molecular complexity index is 815. The van der Waals surface area contributed by atoms with Gasteiger partial charge >= 0.3 is 0 Å². The predicted molar refractivity (Wildman–Crippen MR) is 89.6 cm³/mol. The molecule has 2 N–H and O–H groups in total. The maximum absolute atomic E-state index is 12.0. The van der Waals surface area contributed by atoms with Crippen molar-refractivity contribution in [1.82, 2.24) is 9.97 Å². The summed E-state index contributed by atoms with van der Waals surface area (Å²) < 4.78 is 0. The Kier molecular flexibility index (Phi) is 4.26. The molecule has 2 heterocycles. The zero-order valence-electron chi connectivity index (χ0n) is 11.7. The van der Waals surface area contributed by atoms with Crippen LogP contribution in [0.3, 0.4) is 0 Å². The van der Waals surface area contributed by atoms with Gasteiger partial charge in [-0.15, -0.1) is 11.3 Å². The lowest BCUT2D eigenvalue weighted by atomic mass is 10.3. The van der Waals surface area contributed by atoms with Gasteiger partial charge in [0.2, 0.25) is 5.91 Å². The van der Waals surface area contributed by atoms with Gasteiger partial charge in [-0.2, -0.15) is 0 Å². The molecule has 2 aromatic heterocycles. The average Bonchev–Trinajstić information content (AvgIpc) is 2.88. The number of hydrogen-bond donors (Lipinski definition) is 2. The summed E-state index contributed by atoms with van der Waals surface area (Å²) >= 11 is 3.00. The van der Waals surface area contributed by atoms with Gasteiger partial charge in [0.05, 0.1) is 5.75 Å². The van der Waals surface area contributed by atoms with E-state index in [1.807, 2.05) is 13.0 Å². The lowest BCUT2D eigenvalue weighted by Gasteiger charge is -2.05. The highest BCUT2D eigenvalue weighted by Gasteiger charge is 2.10. The van der Waals surface area contributed by atoms with Crippen LogP contribution in [0.2, 0.25) is 0 Å². The maximum atomic E-state index is 12.0. The number of fused-ring (bicyclic) bond motifs is 1. The normalized spacial score (nSPS) is 10.8. The lowest BCUT2D eigenvalue weighted by Crippen LogP contribution is -2.13. The number of nitrogens with zero attached hydrogens (tertiary/aromatic N) is 2. The van der Waals surface area contributed by atoms with Crippen LogP contribution in [-0.2, 0) is 4.79 Å². The van der Waals surface area contributed by atoms with Crippen molar-refractivity contribution < 1.29 is 9.90 Å². The number of amides is 1. The molecule has 0 aliphatic rings. The molecule has 3 aromatic rings. The Hall–Kier alpha value is -2.12. The molecule has 0 aliphatic carbocycles. The van der Waals surface area contributed by atoms with Crippen molar-refractivity contribution in [2.75, 3.05) is 11.1 Å². The van der Waals surface area contributed by atoms with Gasteiger partial charge in [-0.25, -0.2) is 9.97 Å². The molecular weight excluding hydrogens is 318 g/mol. The van der Waals surface area contributed by atoms with Gasteiger partial charge in [0.25, 0.3) is 0 Å². The van der Waals surface area contributed by atoms with Crippen molar-refractivity contribution in [2.45, 2.75) is 11.9 Å². The van der Waals surface area contributed by atoms with Crippen LogP contribution in [0.15, 0.2) is 41.7 Å². The number of phenolic OH excluding ortho intramolecular Hbond substituents is 1. The molecule has 0 aliphatic heterocycles. The number of thiophene rings is 1. The number of aromatic hydroxyl groups is 1. The van der Waals surface area contributed by atoms with Crippen LogP contribution in [0.1, 0.15) is 4.88 Å². The topological polar surface area (TPSA) is 75.1 Å². The molecule has 22 heavy (non-hydrogen) atoms. The molecule has 0 bridgehead atoms. The number of benzene rings is 1. The van der Waals surface area contributed by atoms with E-state index in [4.69, 9.17) is 0 Å². The van der Waals surface area contributed by atoms with E-state index in [0.717, 1.165) is 15.2 Å². The number of aryl methyl sites for hydroxylation is 1. The zero-order valence-corrected chi connectivity index (χ0v) is 13.4. The van der Waals surface area contributed by atoms with Gasteiger partial charge in [0.1, 0.15) is 21.9 Å². The summed E-state index contributed by atoms with van der Waals surface area (Å²) in [5, 5.41) is 13.8. The first-order chi connectivity index (χ1) is 10.6. The third-order valence-electron chi connectivity index (χ3n) is 2.91. The maximum Gasteiger partial charge on any atom is 0.234 e. The van der Waals surface area contributed by atoms with Crippen LogP contribution < -0.4 is 5.32 Å². The molecule has 0 atom stereocenters. The van der Waals surface area contributed by atoms with Gasteiger partial charge in [0.15, 0.2) is 0 Å². The van der Waals surface area contributed by atoms with Gasteiger partial charge < -0.3 is 10.4 Å². The van der Waals surface area contributed by atoms with Crippen LogP contribution in [0, 0.1) is 6.92 Å². The Labute approximate surface area is 135 Å². The molecule has 3 rings (SSSR count). The minimum atomic E-state index is -0.116. The van der Waals surface area contributed by atoms with Gasteiger partial charge in [-0.1, -0.05) is 11.8 Å². The second-order valence-electron chi connectivity index (χ2n) is 4.64. The van der Waals surface area contributed by atoms with Crippen LogP contribution in [0.5, 0.6) is 5.75 Å². The molecule has 7 heteroatoms. The minimum absolute atomic E-state index is 0.116. The number of rotatable bonds is 4. The Balaban J connectivity index is 1.66. The molecule has 0 saturated carbocycles. The second kappa shape index (κ2) is 6.33. The number of anilines is 1. The standard InChI is InChI=1S/C15H13N3O2S2/c1-9-6-12-14(16-8-17-15(12)22-9)21-7-13(20)18-10-2-4-11(19)5-3-10/h2-6,8,19H,7H2,1H3,(H,18,20). The third-order valence-corrected chi connectivity index (χ3v) is 4.87. The van der Waals surface area contributed by atoms with Crippen molar-refractivity contribution >= 4 is 44.9 Å². The number of hydrogen-bond acceptors (Lipinski definition) is 6. The van der Waals surface area contributed by atoms with E-state index in [0.29, 0.717) is 5.69 Å². The number of carbonyl (C=O) groups is 1. The first-order valence-electron chi connectivity index (χ1n) is 6.54. The van der Waals surface area contributed by atoms with Crippen molar-refractivity contribution in [3.63, 3.8) is 0 Å². The summed E-state index contributed by atoms with van der Waals surface area (Å²) in [5.41, 5.74) is 0.655. The summed E-state index contributed by atoms with van der Waals surface area (Å²) in [6, 6.07) is 8.42. The highest BCUT2D eigenvalue weighted by Crippen LogP contribution is 2.30. The molecule has 0 saturated heterocycles. The fraction of sp³-hybridized carbons (Fsp3) is 0.133. The van der Waals surface area contributed by atoms with Crippen molar-refractivity contribution in [1.29, 1.82) is 0 Å².